The Kier molecular flexibility index (Phi) is 6.14. The Labute approximate surface area is 115 Å². The van der Waals surface area contributed by atoms with Crippen LogP contribution in [0.2, 0.25) is 0 Å². The van der Waals surface area contributed by atoms with E-state index in [0.29, 0.717) is 6.54 Å². The fourth-order valence-corrected chi connectivity index (χ4v) is 2.13. The topological polar surface area (TPSA) is 92.5 Å². The summed E-state index contributed by atoms with van der Waals surface area (Å²) >= 11 is 1.73. The van der Waals surface area contributed by atoms with Crippen LogP contribution in [-0.4, -0.2) is 34.6 Å². The molecule has 0 amide bonds. The molecule has 2 N–H and O–H groups in total. The van der Waals surface area contributed by atoms with Crippen LogP contribution in [0.25, 0.3) is 0 Å². The molecule has 0 spiro atoms. The second-order valence-corrected chi connectivity index (χ2v) is 4.87. The first-order valence-electron chi connectivity index (χ1n) is 5.81. The third-order valence-electron chi connectivity index (χ3n) is 2.55. The monoisotopic (exact) mass is 284 g/mol. The molecule has 1 aromatic rings. The zero-order valence-corrected chi connectivity index (χ0v) is 11.4. The Morgan fingerprint density at radius 2 is 2.21 bits per heavy atom. The molecule has 19 heavy (non-hydrogen) atoms. The molecule has 0 aliphatic carbocycles. The van der Waals surface area contributed by atoms with Crippen LogP contribution in [0.4, 0.5) is 11.4 Å². The summed E-state index contributed by atoms with van der Waals surface area (Å²) in [7, 11) is 0. The Bertz CT molecular complexity index is 433. The molecule has 1 aromatic carbocycles. The molecular weight excluding hydrogens is 268 g/mol. The second-order valence-electron chi connectivity index (χ2n) is 3.89. The molecule has 0 saturated carbocycles. The molecule has 0 atom stereocenters. The summed E-state index contributed by atoms with van der Waals surface area (Å²) in [6.07, 6.45) is 3.83. The van der Waals surface area contributed by atoms with Crippen molar-refractivity contribution in [3.05, 3.63) is 33.9 Å². The second kappa shape index (κ2) is 7.63. The van der Waals surface area contributed by atoms with E-state index >= 15 is 0 Å². The van der Waals surface area contributed by atoms with Crippen LogP contribution >= 0.6 is 11.8 Å². The molecular formula is C12H16N2O4S. The fraction of sp³-hybridized carbons (Fsp3) is 0.417. The molecule has 104 valence electrons. The van der Waals surface area contributed by atoms with Gasteiger partial charge in [-0.15, -0.1) is 0 Å². The third-order valence-corrected chi connectivity index (χ3v) is 3.24. The smallest absolute Gasteiger partial charge is 0.338 e. The molecule has 0 aliphatic rings. The number of carboxylic acid groups (broad SMARTS) is 1. The van der Waals surface area contributed by atoms with Crippen molar-refractivity contribution in [2.24, 2.45) is 0 Å². The van der Waals surface area contributed by atoms with Crippen LogP contribution in [0.1, 0.15) is 23.2 Å². The van der Waals surface area contributed by atoms with Gasteiger partial charge in [-0.2, -0.15) is 11.8 Å². The lowest BCUT2D eigenvalue weighted by atomic mass is 10.1. The first-order chi connectivity index (χ1) is 9.07. The standard InChI is InChI=1S/C12H16N2O4S/c1-19-8-3-2-7-13-11-9(12(15)16)5-4-6-10(11)14(17)18/h4-6,13H,2-3,7-8H2,1H3,(H,15,16). The number of carboxylic acids is 1. The number of anilines is 1. The molecule has 1 rings (SSSR count). The molecule has 0 aliphatic heterocycles. The van der Waals surface area contributed by atoms with Crippen LogP contribution in [0.15, 0.2) is 18.2 Å². The highest BCUT2D eigenvalue weighted by atomic mass is 32.2. The summed E-state index contributed by atoms with van der Waals surface area (Å²) in [4.78, 5) is 21.4. The summed E-state index contributed by atoms with van der Waals surface area (Å²) in [6, 6.07) is 4.04. The molecule has 0 unspecified atom stereocenters. The van der Waals surface area contributed by atoms with Crippen LogP contribution < -0.4 is 5.32 Å². The highest BCUT2D eigenvalue weighted by Crippen LogP contribution is 2.28. The first-order valence-corrected chi connectivity index (χ1v) is 7.20. The van der Waals surface area contributed by atoms with Crippen molar-refractivity contribution < 1.29 is 14.8 Å². The summed E-state index contributed by atoms with van der Waals surface area (Å²) in [6.45, 7) is 0.520. The number of nitro groups is 1. The van der Waals surface area contributed by atoms with E-state index in [1.165, 1.54) is 18.2 Å². The molecule has 0 heterocycles. The minimum Gasteiger partial charge on any atom is -0.478 e. The number of unbranched alkanes of at least 4 members (excludes halogenated alkanes) is 1. The number of aromatic carboxylic acids is 1. The van der Waals surface area contributed by atoms with E-state index in [1.807, 2.05) is 6.26 Å². The molecule has 7 heteroatoms. The summed E-state index contributed by atoms with van der Waals surface area (Å²) in [5, 5.41) is 22.8. The Balaban J connectivity index is 2.83. The fourth-order valence-electron chi connectivity index (χ4n) is 1.64. The maximum Gasteiger partial charge on any atom is 0.338 e. The number of nitrogens with one attached hydrogen (secondary N) is 1. The molecule has 0 fully saturated rings. The van der Waals surface area contributed by atoms with Crippen LogP contribution in [0.5, 0.6) is 0 Å². The van der Waals surface area contributed by atoms with Gasteiger partial charge in [-0.25, -0.2) is 4.79 Å². The van der Waals surface area contributed by atoms with Crippen molar-refractivity contribution >= 4 is 29.1 Å². The van der Waals surface area contributed by atoms with Crippen molar-refractivity contribution in [3.8, 4) is 0 Å². The van der Waals surface area contributed by atoms with Crippen molar-refractivity contribution in [3.63, 3.8) is 0 Å². The van der Waals surface area contributed by atoms with Crippen LogP contribution in [0, 0.1) is 10.1 Å². The molecule has 0 saturated heterocycles. The van der Waals surface area contributed by atoms with Gasteiger partial charge >= 0.3 is 5.97 Å². The van der Waals surface area contributed by atoms with E-state index in [4.69, 9.17) is 5.11 Å². The van der Waals surface area contributed by atoms with Crippen molar-refractivity contribution in [1.82, 2.24) is 0 Å². The molecule has 0 bridgehead atoms. The average molecular weight is 284 g/mol. The lowest BCUT2D eigenvalue weighted by Gasteiger charge is -2.09. The maximum absolute atomic E-state index is 11.1. The minimum atomic E-state index is -1.17. The van der Waals surface area contributed by atoms with Gasteiger partial charge in [-0.05, 0) is 30.9 Å². The van der Waals surface area contributed by atoms with E-state index in [1.54, 1.807) is 11.8 Å². The number of benzene rings is 1. The van der Waals surface area contributed by atoms with Gasteiger partial charge in [0.1, 0.15) is 5.69 Å². The van der Waals surface area contributed by atoms with Gasteiger partial charge in [0, 0.05) is 12.6 Å². The van der Waals surface area contributed by atoms with Gasteiger partial charge in [0.25, 0.3) is 5.69 Å². The molecule has 0 aromatic heterocycles. The maximum atomic E-state index is 11.1. The van der Waals surface area contributed by atoms with E-state index in [2.05, 4.69) is 5.32 Å². The van der Waals surface area contributed by atoms with Gasteiger partial charge in [-0.1, -0.05) is 6.07 Å². The summed E-state index contributed by atoms with van der Waals surface area (Å²) in [5.74, 6) is -0.153. The van der Waals surface area contributed by atoms with Crippen molar-refractivity contribution in [2.45, 2.75) is 12.8 Å². The number of rotatable bonds is 8. The van der Waals surface area contributed by atoms with Crippen molar-refractivity contribution in [1.29, 1.82) is 0 Å². The van der Waals surface area contributed by atoms with Gasteiger partial charge in [0.2, 0.25) is 0 Å². The van der Waals surface area contributed by atoms with Gasteiger partial charge in [-0.3, -0.25) is 10.1 Å². The predicted molar refractivity (Wildman–Crippen MR) is 76.2 cm³/mol. The number of thioether (sulfide) groups is 1. The van der Waals surface area contributed by atoms with E-state index < -0.39 is 10.9 Å². The van der Waals surface area contributed by atoms with Crippen molar-refractivity contribution in [2.75, 3.05) is 23.9 Å². The lowest BCUT2D eigenvalue weighted by Crippen LogP contribution is -2.10. The Hall–Kier alpha value is -1.76. The highest BCUT2D eigenvalue weighted by molar-refractivity contribution is 7.98. The minimum absolute atomic E-state index is 0.0703. The first kappa shape index (κ1) is 15.3. The number of hydrogen-bond acceptors (Lipinski definition) is 5. The van der Waals surface area contributed by atoms with E-state index in [9.17, 15) is 14.9 Å². The number of hydrogen-bond donors (Lipinski definition) is 2. The van der Waals surface area contributed by atoms with Crippen LogP contribution in [0.3, 0.4) is 0 Å². The zero-order chi connectivity index (χ0) is 14.3. The molecule has 6 nitrogen and oxygen atoms in total. The SMILES string of the molecule is CSCCCCNc1c(C(=O)O)cccc1[N+](=O)[O-]. The highest BCUT2D eigenvalue weighted by Gasteiger charge is 2.20. The van der Waals surface area contributed by atoms with Gasteiger partial charge in [0.15, 0.2) is 0 Å². The van der Waals surface area contributed by atoms with E-state index in [0.717, 1.165) is 18.6 Å². The number of nitro benzene ring substituents is 1. The number of para-hydroxylation sites is 1. The van der Waals surface area contributed by atoms with E-state index in [-0.39, 0.29) is 16.9 Å². The zero-order valence-electron chi connectivity index (χ0n) is 10.6. The third kappa shape index (κ3) is 4.44. The average Bonchev–Trinajstić information content (AvgIpc) is 2.38. The summed E-state index contributed by atoms with van der Waals surface area (Å²) in [5.41, 5.74) is -0.187. The van der Waals surface area contributed by atoms with Gasteiger partial charge in [0.05, 0.1) is 10.5 Å². The molecule has 0 radical (unpaired) electrons. The quantitative estimate of drug-likeness (QED) is 0.433. The van der Waals surface area contributed by atoms with Gasteiger partial charge < -0.3 is 10.4 Å². The normalized spacial score (nSPS) is 10.2. The Morgan fingerprint density at radius 3 is 2.79 bits per heavy atom. The summed E-state index contributed by atoms with van der Waals surface area (Å²) < 4.78 is 0. The van der Waals surface area contributed by atoms with Crippen LogP contribution in [-0.2, 0) is 0 Å². The number of nitrogens with zero attached hydrogens (tertiary/aromatic N) is 1. The largest absolute Gasteiger partial charge is 0.478 e. The Morgan fingerprint density at radius 1 is 1.47 bits per heavy atom. The lowest BCUT2D eigenvalue weighted by molar-refractivity contribution is -0.384. The number of carbonyl (C=O) groups is 1. The predicted octanol–water partition coefficient (Wildman–Crippen LogP) is 2.85.